The Kier molecular flexibility index (Phi) is 4.98. The van der Waals surface area contributed by atoms with Gasteiger partial charge in [-0.1, -0.05) is 6.07 Å². The van der Waals surface area contributed by atoms with Crippen molar-refractivity contribution >= 4 is 11.9 Å². The van der Waals surface area contributed by atoms with Gasteiger partial charge in [0.2, 0.25) is 0 Å². The number of benzene rings is 1. The third-order valence-electron chi connectivity index (χ3n) is 3.16. The third-order valence-corrected chi connectivity index (χ3v) is 3.16. The summed E-state index contributed by atoms with van der Waals surface area (Å²) in [6.45, 7) is 1.87. The van der Waals surface area contributed by atoms with Gasteiger partial charge < -0.3 is 14.8 Å². The van der Waals surface area contributed by atoms with Gasteiger partial charge in [0.25, 0.3) is 5.91 Å². The molecule has 5 heteroatoms. The molecule has 0 aromatic heterocycles. The molecule has 1 aromatic carbocycles. The van der Waals surface area contributed by atoms with Crippen LogP contribution in [-0.4, -0.2) is 31.6 Å². The number of nitrogens with one attached hydrogen (secondary N) is 1. The van der Waals surface area contributed by atoms with Gasteiger partial charge in [-0.2, -0.15) is 0 Å². The van der Waals surface area contributed by atoms with E-state index < -0.39 is 5.97 Å². The molecule has 0 fully saturated rings. The van der Waals surface area contributed by atoms with Crippen LogP contribution < -0.4 is 10.1 Å². The zero-order valence-electron chi connectivity index (χ0n) is 11.6. The maximum absolute atomic E-state index is 11.4. The Hall–Kier alpha value is -2.04. The lowest BCUT2D eigenvalue weighted by Gasteiger charge is -2.08. The number of hydrogen-bond donors (Lipinski definition) is 1. The molecule has 1 aliphatic rings. The van der Waals surface area contributed by atoms with Crippen molar-refractivity contribution in [2.24, 2.45) is 0 Å². The zero-order chi connectivity index (χ0) is 14.4. The number of aryl methyl sites for hydroxylation is 2. The summed E-state index contributed by atoms with van der Waals surface area (Å²) in [6.07, 6.45) is 3.35. The molecule has 1 amide bonds. The van der Waals surface area contributed by atoms with E-state index in [2.05, 4.69) is 5.32 Å². The molecule has 0 saturated heterocycles. The summed E-state index contributed by atoms with van der Waals surface area (Å²) in [7, 11) is 0. The first-order valence-corrected chi connectivity index (χ1v) is 6.86. The van der Waals surface area contributed by atoms with Gasteiger partial charge >= 0.3 is 5.97 Å². The van der Waals surface area contributed by atoms with E-state index in [4.69, 9.17) is 9.47 Å². The van der Waals surface area contributed by atoms with Gasteiger partial charge in [-0.15, -0.1) is 0 Å². The summed E-state index contributed by atoms with van der Waals surface area (Å²) in [5.74, 6) is -0.184. The molecule has 1 N–H and O–H groups in total. The summed E-state index contributed by atoms with van der Waals surface area (Å²) >= 11 is 0. The predicted molar refractivity (Wildman–Crippen MR) is 73.6 cm³/mol. The van der Waals surface area contributed by atoms with Crippen molar-refractivity contribution in [2.75, 3.05) is 19.8 Å². The van der Waals surface area contributed by atoms with Crippen LogP contribution in [0.1, 0.15) is 24.5 Å². The van der Waals surface area contributed by atoms with Crippen LogP contribution in [0, 0.1) is 0 Å². The molecule has 2 rings (SSSR count). The number of ether oxygens (including phenoxy) is 2. The molecule has 20 heavy (non-hydrogen) atoms. The van der Waals surface area contributed by atoms with Crippen LogP contribution in [0.3, 0.4) is 0 Å². The molecule has 0 atom stereocenters. The summed E-state index contributed by atoms with van der Waals surface area (Å²) in [5, 5.41) is 2.55. The molecule has 0 aliphatic heterocycles. The summed E-state index contributed by atoms with van der Waals surface area (Å²) in [5.41, 5.74) is 2.65. The number of carbonyl (C=O) groups is 2. The van der Waals surface area contributed by atoms with Crippen LogP contribution in [0.5, 0.6) is 5.75 Å². The topological polar surface area (TPSA) is 64.6 Å². The minimum Gasteiger partial charge on any atom is -0.482 e. The van der Waals surface area contributed by atoms with E-state index in [1.165, 1.54) is 17.5 Å². The average molecular weight is 277 g/mol. The largest absolute Gasteiger partial charge is 0.482 e. The average Bonchev–Trinajstić information content (AvgIpc) is 2.90. The molecule has 0 heterocycles. The quantitative estimate of drug-likeness (QED) is 0.794. The van der Waals surface area contributed by atoms with Crippen molar-refractivity contribution in [3.63, 3.8) is 0 Å². The first-order valence-electron chi connectivity index (χ1n) is 6.86. The molecular weight excluding hydrogens is 258 g/mol. The highest BCUT2D eigenvalue weighted by Crippen LogP contribution is 2.25. The first kappa shape index (κ1) is 14.4. The Bertz CT molecular complexity index is 499. The van der Waals surface area contributed by atoms with Crippen LogP contribution >= 0.6 is 0 Å². The number of amides is 1. The van der Waals surface area contributed by atoms with Crippen LogP contribution in [0.15, 0.2) is 18.2 Å². The van der Waals surface area contributed by atoms with E-state index in [9.17, 15) is 9.59 Å². The van der Waals surface area contributed by atoms with Gasteiger partial charge in [-0.25, -0.2) is 4.79 Å². The van der Waals surface area contributed by atoms with Crippen LogP contribution in [0.25, 0.3) is 0 Å². The monoisotopic (exact) mass is 277 g/mol. The van der Waals surface area contributed by atoms with Crippen molar-refractivity contribution < 1.29 is 19.1 Å². The molecule has 0 bridgehead atoms. The maximum atomic E-state index is 11.4. The van der Waals surface area contributed by atoms with Gasteiger partial charge in [-0.3, -0.25) is 4.79 Å². The van der Waals surface area contributed by atoms with Gasteiger partial charge in [0.05, 0.1) is 0 Å². The molecule has 0 radical (unpaired) electrons. The number of carbonyl (C=O) groups excluding carboxylic acids is 2. The fraction of sp³-hybridized carbons (Fsp3) is 0.467. The minimum absolute atomic E-state index is 0.182. The number of esters is 1. The van der Waals surface area contributed by atoms with E-state index in [1.54, 1.807) is 6.92 Å². The highest BCUT2D eigenvalue weighted by atomic mass is 16.6. The van der Waals surface area contributed by atoms with Gasteiger partial charge in [0, 0.05) is 6.54 Å². The smallest absolute Gasteiger partial charge is 0.344 e. The molecular formula is C15H19NO4. The number of rotatable bonds is 6. The van der Waals surface area contributed by atoms with Crippen LogP contribution in [0.4, 0.5) is 0 Å². The highest BCUT2D eigenvalue weighted by molar-refractivity contribution is 5.80. The van der Waals surface area contributed by atoms with Crippen molar-refractivity contribution in [1.82, 2.24) is 5.32 Å². The second-order valence-corrected chi connectivity index (χ2v) is 4.69. The van der Waals surface area contributed by atoms with E-state index in [1.807, 2.05) is 18.2 Å². The van der Waals surface area contributed by atoms with E-state index >= 15 is 0 Å². The lowest BCUT2D eigenvalue weighted by Crippen LogP contribution is -2.29. The lowest BCUT2D eigenvalue weighted by atomic mass is 10.1. The van der Waals surface area contributed by atoms with Crippen LogP contribution in [-0.2, 0) is 27.2 Å². The Morgan fingerprint density at radius 3 is 2.80 bits per heavy atom. The van der Waals surface area contributed by atoms with Crippen molar-refractivity contribution in [3.05, 3.63) is 29.3 Å². The Morgan fingerprint density at radius 1 is 1.20 bits per heavy atom. The van der Waals surface area contributed by atoms with Crippen LogP contribution in [0.2, 0.25) is 0 Å². The lowest BCUT2D eigenvalue weighted by molar-refractivity contribution is -0.150. The normalized spacial score (nSPS) is 12.7. The fourth-order valence-electron chi connectivity index (χ4n) is 2.22. The molecule has 0 saturated carbocycles. The van der Waals surface area contributed by atoms with Gasteiger partial charge in [0.15, 0.2) is 13.2 Å². The molecule has 5 nitrogen and oxygen atoms in total. The standard InChI is InChI=1S/C15H19NO4/c1-2-16-14(17)9-20-15(18)10-19-13-7-6-11-4-3-5-12(11)8-13/h6-8H,2-5,9-10H2,1H3,(H,16,17). The Morgan fingerprint density at radius 2 is 2.00 bits per heavy atom. The molecule has 1 aromatic rings. The van der Waals surface area contributed by atoms with E-state index in [0.29, 0.717) is 12.3 Å². The molecule has 1 aliphatic carbocycles. The zero-order valence-corrected chi connectivity index (χ0v) is 11.6. The van der Waals surface area contributed by atoms with Crippen molar-refractivity contribution in [1.29, 1.82) is 0 Å². The molecule has 0 spiro atoms. The summed E-state index contributed by atoms with van der Waals surface area (Å²) < 4.78 is 10.2. The summed E-state index contributed by atoms with van der Waals surface area (Å²) in [6, 6.07) is 5.87. The second-order valence-electron chi connectivity index (χ2n) is 4.69. The number of hydrogen-bond acceptors (Lipinski definition) is 4. The first-order chi connectivity index (χ1) is 9.69. The molecule has 108 valence electrons. The van der Waals surface area contributed by atoms with E-state index in [0.717, 1.165) is 12.8 Å². The third kappa shape index (κ3) is 3.98. The van der Waals surface area contributed by atoms with Crippen molar-refractivity contribution in [3.8, 4) is 5.75 Å². The predicted octanol–water partition coefficient (Wildman–Crippen LogP) is 1.23. The SMILES string of the molecule is CCNC(=O)COC(=O)COc1ccc2c(c1)CCC2. The number of fused-ring (bicyclic) bond motifs is 1. The van der Waals surface area contributed by atoms with Gasteiger partial charge in [-0.05, 0) is 49.4 Å². The highest BCUT2D eigenvalue weighted by Gasteiger charge is 2.12. The number of likely N-dealkylation sites (N-methyl/N-ethyl adjacent to an activating group) is 1. The van der Waals surface area contributed by atoms with Gasteiger partial charge in [0.1, 0.15) is 5.75 Å². The Labute approximate surface area is 118 Å². The minimum atomic E-state index is -0.545. The second kappa shape index (κ2) is 6.93. The summed E-state index contributed by atoms with van der Waals surface area (Å²) in [4.78, 5) is 22.6. The fourth-order valence-corrected chi connectivity index (χ4v) is 2.22. The van der Waals surface area contributed by atoms with Crippen molar-refractivity contribution in [2.45, 2.75) is 26.2 Å². The maximum Gasteiger partial charge on any atom is 0.344 e. The molecule has 0 unspecified atom stereocenters. The Balaban J connectivity index is 1.74. The van der Waals surface area contributed by atoms with E-state index in [-0.39, 0.29) is 19.1 Å².